The Morgan fingerprint density at radius 3 is 3.06 bits per heavy atom. The minimum Gasteiger partial charge on any atom is -0.373 e. The van der Waals surface area contributed by atoms with Crippen LogP contribution in [0.25, 0.3) is 0 Å². The summed E-state index contributed by atoms with van der Waals surface area (Å²) >= 11 is 0. The molecule has 2 heterocycles. The number of carbonyl (C=O) groups excluding carboxylic acids is 1. The smallest absolute Gasteiger partial charge is 0.239 e. The van der Waals surface area contributed by atoms with Gasteiger partial charge in [0.2, 0.25) is 5.91 Å². The lowest BCUT2D eigenvalue weighted by molar-refractivity contribution is -0.119. The van der Waals surface area contributed by atoms with Gasteiger partial charge in [-0.1, -0.05) is 6.92 Å². The summed E-state index contributed by atoms with van der Waals surface area (Å²) in [4.78, 5) is 22.4. The molecule has 0 aromatic carbocycles. The van der Waals surface area contributed by atoms with Crippen molar-refractivity contribution in [3.63, 3.8) is 0 Å². The van der Waals surface area contributed by atoms with Crippen molar-refractivity contribution in [2.24, 2.45) is 0 Å². The highest BCUT2D eigenvalue weighted by Gasteiger charge is 2.17. The summed E-state index contributed by atoms with van der Waals surface area (Å²) in [6.45, 7) is 3.96. The van der Waals surface area contributed by atoms with Crippen LogP contribution in [0.5, 0.6) is 0 Å². The highest BCUT2D eigenvalue weighted by atomic mass is 16.2. The lowest BCUT2D eigenvalue weighted by atomic mass is 10.3. The van der Waals surface area contributed by atoms with Crippen LogP contribution in [0, 0.1) is 0 Å². The van der Waals surface area contributed by atoms with Crippen LogP contribution in [0.3, 0.4) is 0 Å². The number of hydrogen-bond acceptors (Lipinski definition) is 5. The van der Waals surface area contributed by atoms with Crippen molar-refractivity contribution < 1.29 is 4.79 Å². The molecule has 0 aliphatic carbocycles. The van der Waals surface area contributed by atoms with Crippen molar-refractivity contribution in [2.45, 2.75) is 19.8 Å². The third-order valence-corrected chi connectivity index (χ3v) is 2.92. The van der Waals surface area contributed by atoms with Gasteiger partial charge in [-0.15, -0.1) is 0 Å². The Balaban J connectivity index is 2.27. The molecule has 0 unspecified atom stereocenters. The van der Waals surface area contributed by atoms with Crippen LogP contribution in [-0.4, -0.2) is 42.6 Å². The Kier molecular flexibility index (Phi) is 3.96. The molecule has 2 N–H and O–H groups in total. The Morgan fingerprint density at radius 1 is 1.50 bits per heavy atom. The Bertz CT molecular complexity index is 412. The fourth-order valence-corrected chi connectivity index (χ4v) is 1.93. The third kappa shape index (κ3) is 2.88. The van der Waals surface area contributed by atoms with Gasteiger partial charge in [0, 0.05) is 32.6 Å². The fourth-order valence-electron chi connectivity index (χ4n) is 1.93. The summed E-state index contributed by atoms with van der Waals surface area (Å²) in [5.74, 6) is 2.46. The molecule has 0 saturated carbocycles. The van der Waals surface area contributed by atoms with Crippen molar-refractivity contribution in [2.75, 3.05) is 36.9 Å². The molecule has 98 valence electrons. The predicted octanol–water partition coefficient (Wildman–Crippen LogP) is 0.407. The minimum absolute atomic E-state index is 0.0511. The number of nitrogens with zero attached hydrogens (tertiary/aromatic N) is 3. The first-order chi connectivity index (χ1) is 8.72. The second-order valence-electron chi connectivity index (χ2n) is 4.26. The molecule has 0 radical (unpaired) electrons. The number of carbonyl (C=O) groups is 1. The van der Waals surface area contributed by atoms with E-state index in [9.17, 15) is 4.79 Å². The normalized spacial score (nSPS) is 16.1. The Labute approximate surface area is 107 Å². The molecule has 6 nitrogen and oxygen atoms in total. The van der Waals surface area contributed by atoms with E-state index in [0.29, 0.717) is 6.54 Å². The van der Waals surface area contributed by atoms with E-state index in [1.807, 2.05) is 24.9 Å². The molecule has 6 heteroatoms. The van der Waals surface area contributed by atoms with Crippen LogP contribution in [0.15, 0.2) is 6.07 Å². The molecule has 18 heavy (non-hydrogen) atoms. The zero-order chi connectivity index (χ0) is 13.0. The zero-order valence-electron chi connectivity index (χ0n) is 10.9. The van der Waals surface area contributed by atoms with Crippen molar-refractivity contribution in [3.05, 3.63) is 11.9 Å². The lowest BCUT2D eigenvalue weighted by Gasteiger charge is -2.21. The number of amides is 1. The third-order valence-electron chi connectivity index (χ3n) is 2.92. The first-order valence-corrected chi connectivity index (χ1v) is 6.30. The van der Waals surface area contributed by atoms with Gasteiger partial charge in [0.05, 0.1) is 6.54 Å². The average molecular weight is 249 g/mol. The largest absolute Gasteiger partial charge is 0.373 e. The molecule has 1 amide bonds. The SMILES string of the molecule is CCc1nc(NC)cc(N2CCCNC(=O)C2)n1. The van der Waals surface area contributed by atoms with Crippen molar-refractivity contribution in [1.82, 2.24) is 15.3 Å². The maximum Gasteiger partial charge on any atom is 0.239 e. The van der Waals surface area contributed by atoms with Crippen molar-refractivity contribution in [1.29, 1.82) is 0 Å². The topological polar surface area (TPSA) is 70.2 Å². The van der Waals surface area contributed by atoms with E-state index in [0.717, 1.165) is 43.4 Å². The molecule has 0 atom stereocenters. The molecule has 1 saturated heterocycles. The van der Waals surface area contributed by atoms with Gasteiger partial charge >= 0.3 is 0 Å². The molecule has 1 aliphatic rings. The monoisotopic (exact) mass is 249 g/mol. The molecule has 0 bridgehead atoms. The van der Waals surface area contributed by atoms with E-state index in [1.165, 1.54) is 0 Å². The van der Waals surface area contributed by atoms with Gasteiger partial charge in [0.1, 0.15) is 17.5 Å². The van der Waals surface area contributed by atoms with E-state index in [1.54, 1.807) is 0 Å². The molecule has 1 aromatic heterocycles. The summed E-state index contributed by atoms with van der Waals surface area (Å²) < 4.78 is 0. The van der Waals surface area contributed by atoms with E-state index >= 15 is 0 Å². The molecule has 1 fully saturated rings. The number of aromatic nitrogens is 2. The Hall–Kier alpha value is -1.85. The van der Waals surface area contributed by atoms with Crippen LogP contribution >= 0.6 is 0 Å². The summed E-state index contributed by atoms with van der Waals surface area (Å²) in [6.07, 6.45) is 1.72. The molecular weight excluding hydrogens is 230 g/mol. The predicted molar refractivity (Wildman–Crippen MR) is 70.8 cm³/mol. The number of nitrogens with one attached hydrogen (secondary N) is 2. The molecule has 2 rings (SSSR count). The van der Waals surface area contributed by atoms with E-state index < -0.39 is 0 Å². The number of hydrogen-bond donors (Lipinski definition) is 2. The summed E-state index contributed by atoms with van der Waals surface area (Å²) in [5, 5.41) is 5.89. The summed E-state index contributed by atoms with van der Waals surface area (Å²) in [5.41, 5.74) is 0. The van der Waals surface area contributed by atoms with Crippen LogP contribution in [0.2, 0.25) is 0 Å². The molecule has 0 spiro atoms. The van der Waals surface area contributed by atoms with E-state index in [2.05, 4.69) is 20.6 Å². The first kappa shape index (κ1) is 12.6. The maximum atomic E-state index is 11.6. The number of aryl methyl sites for hydroxylation is 1. The van der Waals surface area contributed by atoms with Crippen LogP contribution in [0.4, 0.5) is 11.6 Å². The van der Waals surface area contributed by atoms with Crippen LogP contribution < -0.4 is 15.5 Å². The Morgan fingerprint density at radius 2 is 2.33 bits per heavy atom. The second kappa shape index (κ2) is 5.66. The second-order valence-corrected chi connectivity index (χ2v) is 4.26. The fraction of sp³-hybridized carbons (Fsp3) is 0.583. The minimum atomic E-state index is 0.0511. The van der Waals surface area contributed by atoms with Crippen LogP contribution in [-0.2, 0) is 11.2 Å². The van der Waals surface area contributed by atoms with Gasteiger partial charge < -0.3 is 15.5 Å². The van der Waals surface area contributed by atoms with Gasteiger partial charge in [0.15, 0.2) is 0 Å². The van der Waals surface area contributed by atoms with Gasteiger partial charge in [-0.05, 0) is 6.42 Å². The van der Waals surface area contributed by atoms with Gasteiger partial charge in [0.25, 0.3) is 0 Å². The maximum absolute atomic E-state index is 11.6. The lowest BCUT2D eigenvalue weighted by Crippen LogP contribution is -2.33. The average Bonchev–Trinajstić information content (AvgIpc) is 2.62. The van der Waals surface area contributed by atoms with E-state index in [4.69, 9.17) is 0 Å². The van der Waals surface area contributed by atoms with Gasteiger partial charge in [-0.25, -0.2) is 9.97 Å². The standard InChI is InChI=1S/C12H19N5O/c1-3-9-15-10(13-2)7-11(16-9)17-6-4-5-14-12(18)8-17/h7H,3-6,8H2,1-2H3,(H,14,18)(H,13,15,16). The van der Waals surface area contributed by atoms with Crippen LogP contribution in [0.1, 0.15) is 19.2 Å². The van der Waals surface area contributed by atoms with Gasteiger partial charge in [-0.2, -0.15) is 0 Å². The molecular formula is C12H19N5O. The highest BCUT2D eigenvalue weighted by Crippen LogP contribution is 2.17. The number of anilines is 2. The number of rotatable bonds is 3. The highest BCUT2D eigenvalue weighted by molar-refractivity contribution is 5.81. The van der Waals surface area contributed by atoms with Gasteiger partial charge in [-0.3, -0.25) is 4.79 Å². The summed E-state index contributed by atoms with van der Waals surface area (Å²) in [6, 6.07) is 1.89. The molecule has 1 aromatic rings. The first-order valence-electron chi connectivity index (χ1n) is 6.30. The van der Waals surface area contributed by atoms with E-state index in [-0.39, 0.29) is 5.91 Å². The summed E-state index contributed by atoms with van der Waals surface area (Å²) in [7, 11) is 1.83. The van der Waals surface area contributed by atoms with Crippen molar-refractivity contribution >= 4 is 17.5 Å². The van der Waals surface area contributed by atoms with Crippen molar-refractivity contribution in [3.8, 4) is 0 Å². The zero-order valence-corrected chi connectivity index (χ0v) is 10.9. The quantitative estimate of drug-likeness (QED) is 0.812. The molecule has 1 aliphatic heterocycles.